The third kappa shape index (κ3) is 5.24. The normalized spacial score (nSPS) is 10.8. The maximum atomic E-state index is 13.0. The summed E-state index contributed by atoms with van der Waals surface area (Å²) in [5.74, 6) is -0.443. The molecule has 0 atom stereocenters. The van der Waals surface area contributed by atoms with Crippen LogP contribution in [0.2, 0.25) is 0 Å². The fourth-order valence-electron chi connectivity index (χ4n) is 1.65. The Bertz CT molecular complexity index is 454. The molecule has 0 unspecified atom stereocenters. The lowest BCUT2D eigenvalue weighted by atomic mass is 9.93. The molecule has 1 amide bonds. The molecule has 0 saturated heterocycles. The third-order valence-electron chi connectivity index (χ3n) is 2.73. The second-order valence-corrected chi connectivity index (χ2v) is 6.32. The first kappa shape index (κ1) is 18.6. The second-order valence-electron chi connectivity index (χ2n) is 5.15. The van der Waals surface area contributed by atoms with E-state index in [1.165, 1.54) is 18.2 Å². The van der Waals surface area contributed by atoms with E-state index in [2.05, 4.69) is 0 Å². The molecule has 1 rings (SSSR count). The van der Waals surface area contributed by atoms with E-state index >= 15 is 0 Å². The number of nitrogens with two attached hydrogens (primary N) is 1. The first-order valence-corrected chi connectivity index (χ1v) is 6.75. The van der Waals surface area contributed by atoms with E-state index < -0.39 is 0 Å². The molecule has 0 aliphatic heterocycles. The van der Waals surface area contributed by atoms with Crippen molar-refractivity contribution in [1.82, 2.24) is 4.90 Å². The summed E-state index contributed by atoms with van der Waals surface area (Å²) in [4.78, 5) is 13.9. The zero-order chi connectivity index (χ0) is 13.9. The van der Waals surface area contributed by atoms with Gasteiger partial charge in [-0.25, -0.2) is 4.39 Å². The van der Waals surface area contributed by atoms with Crippen molar-refractivity contribution in [3.63, 3.8) is 0 Å². The van der Waals surface area contributed by atoms with Gasteiger partial charge in [0.25, 0.3) is 5.91 Å². The van der Waals surface area contributed by atoms with Crippen LogP contribution >= 0.6 is 35.0 Å². The van der Waals surface area contributed by atoms with Gasteiger partial charge in [-0.05, 0) is 52.7 Å². The Balaban J connectivity index is 0.00000324. The van der Waals surface area contributed by atoms with Gasteiger partial charge >= 0.3 is 0 Å². The van der Waals surface area contributed by atoms with Gasteiger partial charge in [-0.3, -0.25) is 4.79 Å². The summed E-state index contributed by atoms with van der Waals surface area (Å²) in [6.07, 6.45) is 0. The maximum Gasteiger partial charge on any atom is 0.254 e. The Morgan fingerprint density at radius 1 is 1.47 bits per heavy atom. The zero-order valence-electron chi connectivity index (χ0n) is 11.2. The summed E-state index contributed by atoms with van der Waals surface area (Å²) in [5.41, 5.74) is 6.05. The lowest BCUT2D eigenvalue weighted by molar-refractivity contribution is 0.0739. The van der Waals surface area contributed by atoms with Gasteiger partial charge in [-0.15, -0.1) is 12.4 Å². The maximum absolute atomic E-state index is 13.0. The summed E-state index contributed by atoms with van der Waals surface area (Å²) in [7, 11) is 1.74. The molecule has 0 aliphatic rings. The summed E-state index contributed by atoms with van der Waals surface area (Å²) in [5, 5.41) is 0. The molecule has 6 heteroatoms. The van der Waals surface area contributed by atoms with Crippen LogP contribution in [0, 0.1) is 14.8 Å². The van der Waals surface area contributed by atoms with Crippen LogP contribution in [0.1, 0.15) is 24.2 Å². The van der Waals surface area contributed by atoms with Crippen LogP contribution in [0.15, 0.2) is 18.2 Å². The van der Waals surface area contributed by atoms with Crippen molar-refractivity contribution in [2.24, 2.45) is 11.1 Å². The number of carbonyl (C=O) groups excluding carboxylic acids is 1. The van der Waals surface area contributed by atoms with E-state index in [1.807, 2.05) is 36.4 Å². The Hall–Kier alpha value is -0.400. The van der Waals surface area contributed by atoms with Crippen molar-refractivity contribution >= 4 is 40.9 Å². The molecule has 0 bridgehead atoms. The van der Waals surface area contributed by atoms with Crippen LogP contribution < -0.4 is 5.73 Å². The van der Waals surface area contributed by atoms with Gasteiger partial charge in [0.1, 0.15) is 5.82 Å². The first-order chi connectivity index (χ1) is 8.26. The number of carbonyl (C=O) groups is 1. The molecule has 0 spiro atoms. The Kier molecular flexibility index (Phi) is 7.24. The van der Waals surface area contributed by atoms with Crippen LogP contribution in [0.3, 0.4) is 0 Å². The Morgan fingerprint density at radius 2 is 2.05 bits per heavy atom. The lowest BCUT2D eigenvalue weighted by Crippen LogP contribution is -2.40. The van der Waals surface area contributed by atoms with Crippen molar-refractivity contribution in [2.75, 3.05) is 20.1 Å². The molecule has 0 aromatic heterocycles. The molecule has 1 aromatic carbocycles. The second kappa shape index (κ2) is 7.40. The molecule has 2 N–H and O–H groups in total. The van der Waals surface area contributed by atoms with Gasteiger partial charge < -0.3 is 10.6 Å². The van der Waals surface area contributed by atoms with Gasteiger partial charge in [0.15, 0.2) is 0 Å². The number of nitrogens with zero attached hydrogens (tertiary/aromatic N) is 1. The highest BCUT2D eigenvalue weighted by Crippen LogP contribution is 2.19. The average Bonchev–Trinajstić information content (AvgIpc) is 2.27. The minimum absolute atomic E-state index is 0. The summed E-state index contributed by atoms with van der Waals surface area (Å²) in [6.45, 7) is 5.08. The van der Waals surface area contributed by atoms with Gasteiger partial charge in [-0.1, -0.05) is 13.8 Å². The molecule has 0 aliphatic carbocycles. The van der Waals surface area contributed by atoms with Crippen molar-refractivity contribution in [3.05, 3.63) is 33.1 Å². The van der Waals surface area contributed by atoms with Crippen molar-refractivity contribution in [2.45, 2.75) is 13.8 Å². The fourth-order valence-corrected chi connectivity index (χ4v) is 2.35. The van der Waals surface area contributed by atoms with E-state index in [4.69, 9.17) is 5.73 Å². The highest BCUT2D eigenvalue weighted by Gasteiger charge is 2.23. The van der Waals surface area contributed by atoms with Crippen LogP contribution in [-0.4, -0.2) is 30.9 Å². The molecule has 0 heterocycles. The zero-order valence-corrected chi connectivity index (χ0v) is 14.2. The van der Waals surface area contributed by atoms with E-state index in [0.29, 0.717) is 22.2 Å². The summed E-state index contributed by atoms with van der Waals surface area (Å²) >= 11 is 1.97. The van der Waals surface area contributed by atoms with Crippen LogP contribution in [0.5, 0.6) is 0 Å². The number of hydrogen-bond acceptors (Lipinski definition) is 2. The SMILES string of the molecule is CN(CC(C)(C)CN)C(=O)c1ccc(F)cc1I.Cl. The molecular formula is C13H19ClFIN2O. The molecule has 3 nitrogen and oxygen atoms in total. The fraction of sp³-hybridized carbons (Fsp3) is 0.462. The molecular weight excluding hydrogens is 382 g/mol. The smallest absolute Gasteiger partial charge is 0.254 e. The Labute approximate surface area is 133 Å². The monoisotopic (exact) mass is 400 g/mol. The molecule has 0 saturated carbocycles. The number of hydrogen-bond donors (Lipinski definition) is 1. The minimum atomic E-state index is -0.333. The van der Waals surface area contributed by atoms with E-state index in [9.17, 15) is 9.18 Å². The highest BCUT2D eigenvalue weighted by molar-refractivity contribution is 14.1. The van der Waals surface area contributed by atoms with Gasteiger partial charge in [0, 0.05) is 17.2 Å². The van der Waals surface area contributed by atoms with Crippen molar-refractivity contribution in [3.8, 4) is 0 Å². The summed E-state index contributed by atoms with van der Waals surface area (Å²) in [6, 6.07) is 4.18. The van der Waals surface area contributed by atoms with Gasteiger partial charge in [0.2, 0.25) is 0 Å². The minimum Gasteiger partial charge on any atom is -0.341 e. The topological polar surface area (TPSA) is 46.3 Å². The number of benzene rings is 1. The van der Waals surface area contributed by atoms with E-state index in [-0.39, 0.29) is 29.5 Å². The van der Waals surface area contributed by atoms with Crippen LogP contribution in [0.25, 0.3) is 0 Å². The predicted molar refractivity (Wildman–Crippen MR) is 86.2 cm³/mol. The standard InChI is InChI=1S/C13H18FIN2O.ClH/c1-13(2,7-16)8-17(3)12(18)10-5-4-9(14)6-11(10)15;/h4-6H,7-8,16H2,1-3H3;1H. The van der Waals surface area contributed by atoms with E-state index in [0.717, 1.165) is 0 Å². The number of rotatable bonds is 4. The molecule has 108 valence electrons. The quantitative estimate of drug-likeness (QED) is 0.790. The van der Waals surface area contributed by atoms with Gasteiger partial charge in [0.05, 0.1) is 5.56 Å². The molecule has 1 aromatic rings. The number of amides is 1. The number of halogens is 3. The third-order valence-corrected chi connectivity index (χ3v) is 3.62. The first-order valence-electron chi connectivity index (χ1n) is 5.67. The predicted octanol–water partition coefficient (Wildman–Crippen LogP) is 2.91. The summed E-state index contributed by atoms with van der Waals surface area (Å²) < 4.78 is 13.6. The lowest BCUT2D eigenvalue weighted by Gasteiger charge is -2.29. The molecule has 19 heavy (non-hydrogen) atoms. The largest absolute Gasteiger partial charge is 0.341 e. The van der Waals surface area contributed by atoms with Crippen molar-refractivity contribution < 1.29 is 9.18 Å². The highest BCUT2D eigenvalue weighted by atomic mass is 127. The molecule has 0 radical (unpaired) electrons. The van der Waals surface area contributed by atoms with Gasteiger partial charge in [-0.2, -0.15) is 0 Å². The van der Waals surface area contributed by atoms with Crippen LogP contribution in [-0.2, 0) is 0 Å². The van der Waals surface area contributed by atoms with E-state index in [1.54, 1.807) is 11.9 Å². The molecule has 0 fully saturated rings. The average molecular weight is 401 g/mol. The van der Waals surface area contributed by atoms with Crippen molar-refractivity contribution in [1.29, 1.82) is 0 Å². The van der Waals surface area contributed by atoms with Crippen LogP contribution in [0.4, 0.5) is 4.39 Å². The Morgan fingerprint density at radius 3 is 2.53 bits per heavy atom.